The van der Waals surface area contributed by atoms with Crippen LogP contribution in [0, 0.1) is 0 Å². The first-order valence-corrected chi connectivity index (χ1v) is 6.81. The van der Waals surface area contributed by atoms with Gasteiger partial charge in [0.2, 0.25) is 0 Å². The van der Waals surface area contributed by atoms with Crippen molar-refractivity contribution in [3.8, 4) is 0 Å². The molecule has 100 valence electrons. The van der Waals surface area contributed by atoms with Gasteiger partial charge in [-0.05, 0) is 26.9 Å². The second-order valence-electron chi connectivity index (χ2n) is 5.64. The van der Waals surface area contributed by atoms with Crippen molar-refractivity contribution in [3.05, 3.63) is 18.2 Å². The Morgan fingerprint density at radius 2 is 1.72 bits per heavy atom. The Morgan fingerprint density at radius 3 is 2.17 bits per heavy atom. The molecule has 0 saturated carbocycles. The first-order chi connectivity index (χ1) is 8.58. The SMILES string of the molecule is CC(C)c1ncc(N2CCC(N(C)C)CC2)cn1. The zero-order valence-corrected chi connectivity index (χ0v) is 11.9. The summed E-state index contributed by atoms with van der Waals surface area (Å²) >= 11 is 0. The largest absolute Gasteiger partial charge is 0.369 e. The van der Waals surface area contributed by atoms with E-state index >= 15 is 0 Å². The summed E-state index contributed by atoms with van der Waals surface area (Å²) in [4.78, 5) is 13.6. The van der Waals surface area contributed by atoms with Crippen molar-refractivity contribution in [1.29, 1.82) is 0 Å². The molecule has 4 heteroatoms. The standard InChI is InChI=1S/C14H24N4/c1-11(2)14-15-9-13(10-16-14)18-7-5-12(6-8-18)17(3)4/h9-12H,5-8H2,1-4H3. The van der Waals surface area contributed by atoms with Crippen LogP contribution in [0.4, 0.5) is 5.69 Å². The molecule has 1 aliphatic heterocycles. The zero-order valence-electron chi connectivity index (χ0n) is 11.9. The van der Waals surface area contributed by atoms with E-state index in [1.54, 1.807) is 0 Å². The number of aromatic nitrogens is 2. The Kier molecular flexibility index (Phi) is 4.17. The summed E-state index contributed by atoms with van der Waals surface area (Å²) in [6, 6.07) is 0.720. The maximum absolute atomic E-state index is 4.44. The molecule has 1 aliphatic rings. The maximum Gasteiger partial charge on any atom is 0.130 e. The van der Waals surface area contributed by atoms with Crippen LogP contribution in [0.3, 0.4) is 0 Å². The lowest BCUT2D eigenvalue weighted by Crippen LogP contribution is -2.42. The van der Waals surface area contributed by atoms with Crippen LogP contribution < -0.4 is 4.90 Å². The van der Waals surface area contributed by atoms with Crippen molar-refractivity contribution < 1.29 is 0 Å². The fourth-order valence-corrected chi connectivity index (χ4v) is 2.43. The molecule has 0 aromatic carbocycles. The molecule has 1 fully saturated rings. The molecule has 4 nitrogen and oxygen atoms in total. The third kappa shape index (κ3) is 2.99. The molecule has 1 saturated heterocycles. The summed E-state index contributed by atoms with van der Waals surface area (Å²) in [6.07, 6.45) is 6.38. The molecule has 18 heavy (non-hydrogen) atoms. The van der Waals surface area contributed by atoms with Crippen LogP contribution >= 0.6 is 0 Å². The van der Waals surface area contributed by atoms with E-state index < -0.39 is 0 Å². The molecule has 0 aliphatic carbocycles. The predicted molar refractivity (Wildman–Crippen MR) is 75.0 cm³/mol. The van der Waals surface area contributed by atoms with E-state index in [4.69, 9.17) is 0 Å². The number of hydrogen-bond donors (Lipinski definition) is 0. The summed E-state index contributed by atoms with van der Waals surface area (Å²) in [5, 5.41) is 0. The molecule has 0 atom stereocenters. The van der Waals surface area contributed by atoms with Gasteiger partial charge in [0.25, 0.3) is 0 Å². The van der Waals surface area contributed by atoms with Crippen molar-refractivity contribution >= 4 is 5.69 Å². The molecular formula is C14H24N4. The molecule has 0 N–H and O–H groups in total. The Labute approximate surface area is 110 Å². The van der Waals surface area contributed by atoms with E-state index in [0.29, 0.717) is 5.92 Å². The van der Waals surface area contributed by atoms with Crippen LogP contribution in [0.1, 0.15) is 38.4 Å². The Bertz CT molecular complexity index is 364. The first kappa shape index (κ1) is 13.3. The lowest BCUT2D eigenvalue weighted by molar-refractivity contribution is 0.249. The number of piperidine rings is 1. The van der Waals surface area contributed by atoms with Gasteiger partial charge in [-0.2, -0.15) is 0 Å². The zero-order chi connectivity index (χ0) is 13.1. The molecule has 1 aromatic heterocycles. The van der Waals surface area contributed by atoms with Crippen molar-refractivity contribution in [2.24, 2.45) is 0 Å². The summed E-state index contributed by atoms with van der Waals surface area (Å²) < 4.78 is 0. The summed E-state index contributed by atoms with van der Waals surface area (Å²) in [5.74, 6) is 1.33. The monoisotopic (exact) mass is 248 g/mol. The highest BCUT2D eigenvalue weighted by Gasteiger charge is 2.21. The van der Waals surface area contributed by atoms with Gasteiger partial charge in [-0.15, -0.1) is 0 Å². The Hall–Kier alpha value is -1.16. The second-order valence-corrected chi connectivity index (χ2v) is 5.64. The molecule has 0 amide bonds. The van der Waals surface area contributed by atoms with Gasteiger partial charge in [0.1, 0.15) is 5.82 Å². The number of hydrogen-bond acceptors (Lipinski definition) is 4. The fourth-order valence-electron chi connectivity index (χ4n) is 2.43. The topological polar surface area (TPSA) is 32.3 Å². The predicted octanol–water partition coefficient (Wildman–Crippen LogP) is 2.13. The van der Waals surface area contributed by atoms with Crippen molar-refractivity contribution in [2.75, 3.05) is 32.1 Å². The van der Waals surface area contributed by atoms with Crippen LogP contribution in [0.5, 0.6) is 0 Å². The van der Waals surface area contributed by atoms with Gasteiger partial charge >= 0.3 is 0 Å². The summed E-state index contributed by atoms with van der Waals surface area (Å²) in [6.45, 7) is 6.45. The van der Waals surface area contributed by atoms with Crippen molar-refractivity contribution in [1.82, 2.24) is 14.9 Å². The lowest BCUT2D eigenvalue weighted by atomic mass is 10.0. The summed E-state index contributed by atoms with van der Waals surface area (Å²) in [5.41, 5.74) is 1.16. The molecule has 2 heterocycles. The minimum Gasteiger partial charge on any atom is -0.369 e. The van der Waals surface area contributed by atoms with E-state index in [0.717, 1.165) is 30.6 Å². The average Bonchev–Trinajstić information content (AvgIpc) is 2.39. The minimum absolute atomic E-state index is 0.401. The number of rotatable bonds is 3. The van der Waals surface area contributed by atoms with Crippen molar-refractivity contribution in [3.63, 3.8) is 0 Å². The van der Waals surface area contributed by atoms with Crippen LogP contribution in [0.15, 0.2) is 12.4 Å². The normalized spacial score (nSPS) is 17.8. The highest BCUT2D eigenvalue weighted by molar-refractivity contribution is 5.42. The lowest BCUT2D eigenvalue weighted by Gasteiger charge is -2.36. The van der Waals surface area contributed by atoms with Crippen LogP contribution in [-0.2, 0) is 0 Å². The van der Waals surface area contributed by atoms with Gasteiger partial charge < -0.3 is 9.80 Å². The molecule has 0 spiro atoms. The van der Waals surface area contributed by atoms with Crippen molar-refractivity contribution in [2.45, 2.75) is 38.6 Å². The number of nitrogens with zero attached hydrogens (tertiary/aromatic N) is 4. The third-order valence-electron chi connectivity index (χ3n) is 3.73. The summed E-state index contributed by atoms with van der Waals surface area (Å²) in [7, 11) is 4.34. The third-order valence-corrected chi connectivity index (χ3v) is 3.73. The maximum atomic E-state index is 4.44. The van der Waals surface area contributed by atoms with Gasteiger partial charge in [-0.3, -0.25) is 0 Å². The average molecular weight is 248 g/mol. The van der Waals surface area contributed by atoms with E-state index in [-0.39, 0.29) is 0 Å². The van der Waals surface area contributed by atoms with E-state index in [1.165, 1.54) is 12.8 Å². The van der Waals surface area contributed by atoms with Crippen LogP contribution in [0.2, 0.25) is 0 Å². The fraction of sp³-hybridized carbons (Fsp3) is 0.714. The highest BCUT2D eigenvalue weighted by atomic mass is 15.2. The molecular weight excluding hydrogens is 224 g/mol. The van der Waals surface area contributed by atoms with Gasteiger partial charge in [-0.25, -0.2) is 9.97 Å². The molecule has 1 aromatic rings. The quantitative estimate of drug-likeness (QED) is 0.820. The van der Waals surface area contributed by atoms with E-state index in [1.807, 2.05) is 12.4 Å². The molecule has 2 rings (SSSR count). The smallest absolute Gasteiger partial charge is 0.130 e. The number of anilines is 1. The highest BCUT2D eigenvalue weighted by Crippen LogP contribution is 2.21. The van der Waals surface area contributed by atoms with Crippen LogP contribution in [-0.4, -0.2) is 48.1 Å². The van der Waals surface area contributed by atoms with E-state index in [9.17, 15) is 0 Å². The van der Waals surface area contributed by atoms with Gasteiger partial charge in [0, 0.05) is 25.0 Å². The van der Waals surface area contributed by atoms with Gasteiger partial charge in [-0.1, -0.05) is 13.8 Å². The molecule has 0 radical (unpaired) electrons. The van der Waals surface area contributed by atoms with Crippen LogP contribution in [0.25, 0.3) is 0 Å². The minimum atomic E-state index is 0.401. The Balaban J connectivity index is 1.97. The van der Waals surface area contributed by atoms with Gasteiger partial charge in [0.05, 0.1) is 18.1 Å². The molecule has 0 bridgehead atoms. The van der Waals surface area contributed by atoms with E-state index in [2.05, 4.69) is 47.7 Å². The second kappa shape index (κ2) is 5.65. The van der Waals surface area contributed by atoms with Gasteiger partial charge in [0.15, 0.2) is 0 Å². The molecule has 0 unspecified atom stereocenters. The first-order valence-electron chi connectivity index (χ1n) is 6.81. The Morgan fingerprint density at radius 1 is 1.17 bits per heavy atom.